The predicted octanol–water partition coefficient (Wildman–Crippen LogP) is 4.17. The Labute approximate surface area is 170 Å². The lowest BCUT2D eigenvalue weighted by atomic mass is 10.1. The van der Waals surface area contributed by atoms with Gasteiger partial charge in [0.1, 0.15) is 11.6 Å². The van der Waals surface area contributed by atoms with Gasteiger partial charge in [-0.15, -0.1) is 0 Å². The third-order valence-electron chi connectivity index (χ3n) is 3.88. The maximum absolute atomic E-state index is 12.3. The van der Waals surface area contributed by atoms with Crippen molar-refractivity contribution in [2.75, 3.05) is 13.7 Å². The first-order chi connectivity index (χ1) is 13.9. The molecule has 1 heterocycles. The van der Waals surface area contributed by atoms with Crippen molar-refractivity contribution in [1.82, 2.24) is 0 Å². The van der Waals surface area contributed by atoms with Crippen LogP contribution in [0.3, 0.4) is 0 Å². The van der Waals surface area contributed by atoms with Crippen molar-refractivity contribution in [3.05, 3.63) is 81.0 Å². The maximum Gasteiger partial charge on any atom is 0.363 e. The number of aliphatic imine (C=N–C) groups is 1. The average molecular weight is 415 g/mol. The topological polar surface area (TPSA) is 100 Å². The van der Waals surface area contributed by atoms with Gasteiger partial charge in [0.15, 0.2) is 17.2 Å². The number of para-hydroxylation sites is 1. The van der Waals surface area contributed by atoms with Crippen LogP contribution in [-0.4, -0.2) is 30.5 Å². The van der Waals surface area contributed by atoms with Crippen LogP contribution in [0.15, 0.2) is 59.7 Å². The molecule has 0 N–H and O–H groups in total. The summed E-state index contributed by atoms with van der Waals surface area (Å²) in [5.41, 5.74) is 0.499. The number of methoxy groups -OCH3 is 1. The number of hydrogen-bond acceptors (Lipinski definition) is 7. The second-order valence-corrected chi connectivity index (χ2v) is 6.14. The number of carbonyl (C=O) groups is 1. The van der Waals surface area contributed by atoms with Gasteiger partial charge in [0.05, 0.1) is 12.0 Å². The largest absolute Gasteiger partial charge is 0.493 e. The van der Waals surface area contributed by atoms with Gasteiger partial charge < -0.3 is 14.2 Å². The summed E-state index contributed by atoms with van der Waals surface area (Å²) < 4.78 is 16.1. The number of rotatable bonds is 7. The van der Waals surface area contributed by atoms with Gasteiger partial charge >= 0.3 is 5.97 Å². The number of nitrogens with zero attached hydrogens (tertiary/aromatic N) is 2. The quantitative estimate of drug-likeness (QED) is 0.221. The van der Waals surface area contributed by atoms with Gasteiger partial charge in [0.2, 0.25) is 5.90 Å². The highest BCUT2D eigenvalue weighted by molar-refractivity contribution is 6.32. The first kappa shape index (κ1) is 20.1. The molecule has 2 aromatic carbocycles. The fourth-order valence-corrected chi connectivity index (χ4v) is 2.76. The molecule has 0 atom stereocenters. The van der Waals surface area contributed by atoms with Crippen molar-refractivity contribution in [3.8, 4) is 11.5 Å². The lowest BCUT2D eigenvalue weighted by Crippen LogP contribution is -2.06. The van der Waals surface area contributed by atoms with Gasteiger partial charge in [0, 0.05) is 17.2 Å². The van der Waals surface area contributed by atoms with Crippen LogP contribution in [-0.2, 0) is 9.53 Å². The number of nitro groups is 1. The average Bonchev–Trinajstić information content (AvgIpc) is 3.07. The SMILES string of the molecule is C=CCOc1c(/C=C2\N=C(c3ccc(Cl)c([N+](=O)[O-])c3)OC2=O)cccc1OC. The van der Waals surface area contributed by atoms with Gasteiger partial charge in [-0.3, -0.25) is 10.1 Å². The molecule has 3 rings (SSSR count). The highest BCUT2D eigenvalue weighted by atomic mass is 35.5. The molecular weight excluding hydrogens is 400 g/mol. The van der Waals surface area contributed by atoms with Crippen molar-refractivity contribution >= 4 is 35.2 Å². The third-order valence-corrected chi connectivity index (χ3v) is 4.20. The second kappa shape index (κ2) is 8.57. The predicted molar refractivity (Wildman–Crippen MR) is 107 cm³/mol. The zero-order valence-corrected chi connectivity index (χ0v) is 16.0. The van der Waals surface area contributed by atoms with Crippen molar-refractivity contribution < 1.29 is 23.9 Å². The van der Waals surface area contributed by atoms with Crippen LogP contribution in [0, 0.1) is 10.1 Å². The second-order valence-electron chi connectivity index (χ2n) is 5.74. The van der Waals surface area contributed by atoms with Crippen molar-refractivity contribution in [2.24, 2.45) is 4.99 Å². The Kier molecular flexibility index (Phi) is 5.94. The molecule has 0 amide bonds. The molecule has 8 nitrogen and oxygen atoms in total. The van der Waals surface area contributed by atoms with E-state index in [1.54, 1.807) is 24.3 Å². The Bertz CT molecular complexity index is 1060. The minimum atomic E-state index is -0.699. The molecule has 0 saturated carbocycles. The Hall–Kier alpha value is -3.65. The summed E-state index contributed by atoms with van der Waals surface area (Å²) in [5, 5.41) is 11.0. The Morgan fingerprint density at radius 1 is 1.34 bits per heavy atom. The van der Waals surface area contributed by atoms with Crippen LogP contribution in [0.4, 0.5) is 5.69 Å². The molecule has 0 fully saturated rings. The van der Waals surface area contributed by atoms with E-state index in [0.717, 1.165) is 0 Å². The number of cyclic esters (lactones) is 1. The molecule has 29 heavy (non-hydrogen) atoms. The summed E-state index contributed by atoms with van der Waals surface area (Å²) in [6.07, 6.45) is 3.07. The number of esters is 1. The molecule has 0 bridgehead atoms. The van der Waals surface area contributed by atoms with Crippen LogP contribution in [0.25, 0.3) is 6.08 Å². The minimum Gasteiger partial charge on any atom is -0.493 e. The van der Waals surface area contributed by atoms with E-state index in [1.807, 2.05) is 0 Å². The summed E-state index contributed by atoms with van der Waals surface area (Å²) >= 11 is 5.82. The van der Waals surface area contributed by atoms with Gasteiger partial charge in [0.25, 0.3) is 5.69 Å². The standard InChI is InChI=1S/C20H15ClN2O6/c1-3-9-28-18-12(5-4-6-17(18)27-2)10-15-20(24)29-19(22-15)13-7-8-14(21)16(11-13)23(25)26/h3-8,10-11H,1,9H2,2H3/b15-10-. The van der Waals surface area contributed by atoms with Crippen molar-refractivity contribution in [1.29, 1.82) is 0 Å². The van der Waals surface area contributed by atoms with Gasteiger partial charge in [-0.25, -0.2) is 9.79 Å². The van der Waals surface area contributed by atoms with Gasteiger partial charge in [-0.2, -0.15) is 0 Å². The van der Waals surface area contributed by atoms with Crippen molar-refractivity contribution in [2.45, 2.75) is 0 Å². The number of nitro benzene ring substituents is 1. The third kappa shape index (κ3) is 4.27. The smallest absolute Gasteiger partial charge is 0.363 e. The normalized spacial score (nSPS) is 14.3. The Balaban J connectivity index is 2.01. The lowest BCUT2D eigenvalue weighted by molar-refractivity contribution is -0.384. The zero-order chi connectivity index (χ0) is 21.0. The van der Waals surface area contributed by atoms with E-state index in [2.05, 4.69) is 11.6 Å². The van der Waals surface area contributed by atoms with E-state index in [0.29, 0.717) is 17.1 Å². The molecule has 0 saturated heterocycles. The molecule has 1 aliphatic rings. The zero-order valence-electron chi connectivity index (χ0n) is 15.3. The summed E-state index contributed by atoms with van der Waals surface area (Å²) in [6.45, 7) is 3.85. The molecule has 148 valence electrons. The number of carbonyl (C=O) groups excluding carboxylic acids is 1. The Morgan fingerprint density at radius 3 is 2.83 bits per heavy atom. The first-order valence-corrected chi connectivity index (χ1v) is 8.70. The maximum atomic E-state index is 12.3. The molecule has 0 aliphatic carbocycles. The summed E-state index contributed by atoms with van der Waals surface area (Å²) in [5.74, 6) is 0.138. The molecule has 2 aromatic rings. The molecule has 0 unspecified atom stereocenters. The minimum absolute atomic E-state index is 0.00862. The first-order valence-electron chi connectivity index (χ1n) is 8.32. The van der Waals surface area contributed by atoms with E-state index in [1.165, 1.54) is 31.4 Å². The molecule has 0 aromatic heterocycles. The fraction of sp³-hybridized carbons (Fsp3) is 0.100. The number of ether oxygens (including phenoxy) is 3. The molecule has 0 spiro atoms. The number of hydrogen-bond donors (Lipinski definition) is 0. The summed E-state index contributed by atoms with van der Waals surface area (Å²) in [6, 6.07) is 9.20. The molecule has 1 aliphatic heterocycles. The van der Waals surface area contributed by atoms with E-state index in [9.17, 15) is 14.9 Å². The van der Waals surface area contributed by atoms with Crippen molar-refractivity contribution in [3.63, 3.8) is 0 Å². The van der Waals surface area contributed by atoms with E-state index >= 15 is 0 Å². The number of benzene rings is 2. The fourth-order valence-electron chi connectivity index (χ4n) is 2.57. The van der Waals surface area contributed by atoms with Crippen LogP contribution in [0.1, 0.15) is 11.1 Å². The summed E-state index contributed by atoms with van der Waals surface area (Å²) in [7, 11) is 1.50. The summed E-state index contributed by atoms with van der Waals surface area (Å²) in [4.78, 5) is 26.9. The van der Waals surface area contributed by atoms with Crippen LogP contribution < -0.4 is 9.47 Å². The molecule has 0 radical (unpaired) electrons. The number of halogens is 1. The van der Waals surface area contributed by atoms with E-state index in [-0.39, 0.29) is 34.5 Å². The highest BCUT2D eigenvalue weighted by Gasteiger charge is 2.26. The van der Waals surface area contributed by atoms with Gasteiger partial charge in [-0.1, -0.05) is 36.4 Å². The van der Waals surface area contributed by atoms with Crippen LogP contribution in [0.2, 0.25) is 5.02 Å². The molecular formula is C20H15ClN2O6. The van der Waals surface area contributed by atoms with E-state index in [4.69, 9.17) is 25.8 Å². The molecule has 9 heteroatoms. The van der Waals surface area contributed by atoms with Crippen LogP contribution in [0.5, 0.6) is 11.5 Å². The lowest BCUT2D eigenvalue weighted by Gasteiger charge is -2.12. The van der Waals surface area contributed by atoms with Crippen LogP contribution >= 0.6 is 11.6 Å². The van der Waals surface area contributed by atoms with E-state index < -0.39 is 10.9 Å². The van der Waals surface area contributed by atoms with Gasteiger partial charge in [-0.05, 0) is 24.3 Å². The Morgan fingerprint density at radius 2 is 2.14 bits per heavy atom. The highest BCUT2D eigenvalue weighted by Crippen LogP contribution is 2.34. The monoisotopic (exact) mass is 414 g/mol.